The van der Waals surface area contributed by atoms with Gasteiger partial charge in [0.25, 0.3) is 0 Å². The highest BCUT2D eigenvalue weighted by molar-refractivity contribution is 5.79. The fourth-order valence-electron chi connectivity index (χ4n) is 3.64. The number of carbonyl (C=O) groups is 2. The van der Waals surface area contributed by atoms with Crippen LogP contribution in [0, 0.1) is 5.92 Å². The summed E-state index contributed by atoms with van der Waals surface area (Å²) in [7, 11) is 0. The molecular weight excluding hydrogens is 354 g/mol. The molecule has 0 unspecified atom stereocenters. The van der Waals surface area contributed by atoms with Crippen molar-refractivity contribution in [2.75, 3.05) is 31.1 Å². The monoisotopic (exact) mass is 381 g/mol. The second-order valence-electron chi connectivity index (χ2n) is 7.16. The fraction of sp³-hybridized carbons (Fsp3) is 0.409. The summed E-state index contributed by atoms with van der Waals surface area (Å²) in [5.74, 6) is 0.173. The number of aliphatic hydroxyl groups is 1. The van der Waals surface area contributed by atoms with Gasteiger partial charge in [-0.1, -0.05) is 0 Å². The maximum Gasteiger partial charge on any atom is 0.226 e. The van der Waals surface area contributed by atoms with E-state index in [1.807, 2.05) is 41.3 Å². The Morgan fingerprint density at radius 1 is 1.14 bits per heavy atom. The van der Waals surface area contributed by atoms with E-state index in [1.165, 1.54) is 0 Å². The van der Waals surface area contributed by atoms with Gasteiger partial charge in [0.05, 0.1) is 0 Å². The van der Waals surface area contributed by atoms with E-state index in [4.69, 9.17) is 0 Å². The Bertz CT molecular complexity index is 756. The lowest BCUT2D eigenvalue weighted by molar-refractivity contribution is -0.137. The first-order valence-electron chi connectivity index (χ1n) is 9.80. The van der Waals surface area contributed by atoms with Gasteiger partial charge in [-0.25, -0.2) is 0 Å². The van der Waals surface area contributed by atoms with Crippen LogP contribution in [0.4, 0.5) is 5.69 Å². The molecule has 6 nitrogen and oxygen atoms in total. The third kappa shape index (κ3) is 5.16. The minimum Gasteiger partial charge on any atom is -0.396 e. The number of carbonyl (C=O) groups excluding carboxylic acids is 2. The van der Waals surface area contributed by atoms with Gasteiger partial charge in [-0.3, -0.25) is 14.6 Å². The van der Waals surface area contributed by atoms with Crippen molar-refractivity contribution in [3.8, 4) is 0 Å². The second kappa shape index (κ2) is 9.99. The summed E-state index contributed by atoms with van der Waals surface area (Å²) in [5, 5.41) is 9.20. The zero-order chi connectivity index (χ0) is 19.8. The van der Waals surface area contributed by atoms with Crippen molar-refractivity contribution in [3.05, 3.63) is 59.9 Å². The largest absolute Gasteiger partial charge is 0.396 e. The van der Waals surface area contributed by atoms with Crippen LogP contribution in [0.3, 0.4) is 0 Å². The average molecular weight is 381 g/mol. The number of hydrogen-bond acceptors (Lipinski definition) is 5. The number of pyridine rings is 1. The van der Waals surface area contributed by atoms with Gasteiger partial charge in [0, 0.05) is 62.3 Å². The molecular formula is C22H27N3O3. The number of aldehydes is 1. The molecule has 1 fully saturated rings. The molecule has 0 bridgehead atoms. The molecule has 0 spiro atoms. The van der Waals surface area contributed by atoms with Gasteiger partial charge in [-0.2, -0.15) is 0 Å². The van der Waals surface area contributed by atoms with Crippen molar-refractivity contribution in [3.63, 3.8) is 0 Å². The Kier molecular flexibility index (Phi) is 7.14. The van der Waals surface area contributed by atoms with Crippen LogP contribution in [0.5, 0.6) is 0 Å². The van der Waals surface area contributed by atoms with E-state index in [0.29, 0.717) is 25.1 Å². The summed E-state index contributed by atoms with van der Waals surface area (Å²) in [6.07, 6.45) is 6.51. The highest BCUT2D eigenvalue weighted by atomic mass is 16.3. The number of anilines is 1. The number of aliphatic hydroxyl groups excluding tert-OH is 1. The summed E-state index contributed by atoms with van der Waals surface area (Å²) in [6, 6.07) is 11.4. The van der Waals surface area contributed by atoms with Crippen LogP contribution in [-0.2, 0) is 11.3 Å². The van der Waals surface area contributed by atoms with Crippen LogP contribution >= 0.6 is 0 Å². The molecule has 1 aliphatic rings. The van der Waals surface area contributed by atoms with Crippen LogP contribution in [0.15, 0.2) is 48.8 Å². The number of rotatable bonds is 8. The molecule has 0 saturated carbocycles. The summed E-state index contributed by atoms with van der Waals surface area (Å²) < 4.78 is 0. The van der Waals surface area contributed by atoms with E-state index in [0.717, 1.165) is 43.5 Å². The first kappa shape index (κ1) is 20.0. The van der Waals surface area contributed by atoms with Crippen LogP contribution in [0.25, 0.3) is 0 Å². The number of amides is 1. The Morgan fingerprint density at radius 3 is 2.43 bits per heavy atom. The Balaban J connectivity index is 1.59. The quantitative estimate of drug-likeness (QED) is 0.712. The van der Waals surface area contributed by atoms with Gasteiger partial charge in [-0.15, -0.1) is 0 Å². The number of hydrogen-bond donors (Lipinski definition) is 1. The Morgan fingerprint density at radius 2 is 1.82 bits per heavy atom. The number of nitrogens with zero attached hydrogens (tertiary/aromatic N) is 3. The molecule has 0 radical (unpaired) electrons. The predicted octanol–water partition coefficient (Wildman–Crippen LogP) is 2.52. The second-order valence-corrected chi connectivity index (χ2v) is 7.16. The molecule has 3 rings (SSSR count). The van der Waals surface area contributed by atoms with E-state index in [-0.39, 0.29) is 18.4 Å². The van der Waals surface area contributed by atoms with Crippen molar-refractivity contribution in [2.24, 2.45) is 5.92 Å². The molecule has 2 aromatic rings. The number of benzene rings is 1. The molecule has 0 aliphatic carbocycles. The van der Waals surface area contributed by atoms with Crippen molar-refractivity contribution in [1.82, 2.24) is 9.88 Å². The summed E-state index contributed by atoms with van der Waals surface area (Å²) >= 11 is 0. The molecule has 1 aliphatic heterocycles. The molecule has 2 heterocycles. The lowest BCUT2D eigenvalue weighted by Crippen LogP contribution is -2.43. The lowest BCUT2D eigenvalue weighted by Gasteiger charge is -2.35. The van der Waals surface area contributed by atoms with Crippen molar-refractivity contribution >= 4 is 17.9 Å². The smallest absolute Gasteiger partial charge is 0.226 e. The van der Waals surface area contributed by atoms with Gasteiger partial charge in [-0.05, 0) is 61.2 Å². The van der Waals surface area contributed by atoms with Crippen LogP contribution in [0.1, 0.15) is 35.2 Å². The predicted molar refractivity (Wildman–Crippen MR) is 108 cm³/mol. The molecule has 1 aromatic heterocycles. The van der Waals surface area contributed by atoms with Crippen molar-refractivity contribution in [2.45, 2.75) is 25.8 Å². The molecule has 1 aromatic carbocycles. The highest BCUT2D eigenvalue weighted by Crippen LogP contribution is 2.25. The van der Waals surface area contributed by atoms with E-state index in [1.54, 1.807) is 12.4 Å². The van der Waals surface area contributed by atoms with E-state index >= 15 is 0 Å². The van der Waals surface area contributed by atoms with Gasteiger partial charge >= 0.3 is 0 Å². The maximum absolute atomic E-state index is 13.1. The van der Waals surface area contributed by atoms with Crippen LogP contribution in [0.2, 0.25) is 0 Å². The average Bonchev–Trinajstić information content (AvgIpc) is 2.77. The zero-order valence-corrected chi connectivity index (χ0v) is 16.0. The fourth-order valence-corrected chi connectivity index (χ4v) is 3.64. The standard InChI is InChI=1S/C22H27N3O3/c26-15-1-12-25(16-18-6-10-23-11-7-18)22(28)20-8-13-24(14-9-20)21-4-2-19(17-27)3-5-21/h2-7,10-11,17,20,26H,1,8-9,12-16H2. The minimum atomic E-state index is 0.00558. The molecule has 1 amide bonds. The van der Waals surface area contributed by atoms with Crippen LogP contribution in [-0.4, -0.2) is 53.4 Å². The summed E-state index contributed by atoms with van der Waals surface area (Å²) in [6.45, 7) is 2.83. The topological polar surface area (TPSA) is 73.7 Å². The van der Waals surface area contributed by atoms with E-state index in [9.17, 15) is 14.7 Å². The molecule has 6 heteroatoms. The first-order chi connectivity index (χ1) is 13.7. The maximum atomic E-state index is 13.1. The number of piperidine rings is 1. The van der Waals surface area contributed by atoms with Gasteiger partial charge in [0.2, 0.25) is 5.91 Å². The van der Waals surface area contributed by atoms with Gasteiger partial charge in [0.15, 0.2) is 0 Å². The third-order valence-electron chi connectivity index (χ3n) is 5.26. The highest BCUT2D eigenvalue weighted by Gasteiger charge is 2.28. The van der Waals surface area contributed by atoms with Crippen molar-refractivity contribution in [1.29, 1.82) is 0 Å². The lowest BCUT2D eigenvalue weighted by atomic mass is 9.94. The zero-order valence-electron chi connectivity index (χ0n) is 16.0. The Labute approximate surface area is 165 Å². The van der Waals surface area contributed by atoms with Gasteiger partial charge < -0.3 is 14.9 Å². The molecule has 1 N–H and O–H groups in total. The van der Waals surface area contributed by atoms with E-state index < -0.39 is 0 Å². The molecule has 148 valence electrons. The third-order valence-corrected chi connectivity index (χ3v) is 5.26. The SMILES string of the molecule is O=Cc1ccc(N2CCC(C(=O)N(CCCO)Cc3ccncc3)CC2)cc1. The normalized spacial score (nSPS) is 14.7. The molecule has 28 heavy (non-hydrogen) atoms. The Hall–Kier alpha value is -2.73. The number of aromatic nitrogens is 1. The summed E-state index contributed by atoms with van der Waals surface area (Å²) in [4.78, 5) is 32.1. The minimum absolute atomic E-state index is 0.00558. The van der Waals surface area contributed by atoms with E-state index in [2.05, 4.69) is 9.88 Å². The molecule has 1 saturated heterocycles. The van der Waals surface area contributed by atoms with Gasteiger partial charge in [0.1, 0.15) is 6.29 Å². The summed E-state index contributed by atoms with van der Waals surface area (Å²) in [5.41, 5.74) is 2.81. The van der Waals surface area contributed by atoms with Crippen LogP contribution < -0.4 is 4.90 Å². The molecule has 0 atom stereocenters. The van der Waals surface area contributed by atoms with Crippen molar-refractivity contribution < 1.29 is 14.7 Å². The first-order valence-corrected chi connectivity index (χ1v) is 9.80.